The van der Waals surface area contributed by atoms with Crippen LogP contribution in [0.25, 0.3) is 6.08 Å². The lowest BCUT2D eigenvalue weighted by atomic mass is 10.1. The number of aliphatic carboxylic acids is 1. The lowest BCUT2D eigenvalue weighted by Gasteiger charge is -1.92. The van der Waals surface area contributed by atoms with Crippen LogP contribution in [-0.2, 0) is 14.4 Å². The standard InChI is InChI=1S/C12H10O4/c13-10(8-11(14)12(15)16)7-6-9-4-2-1-3-5-9/h1-7H,8H2,(H,15,16). The Hall–Kier alpha value is -2.23. The summed E-state index contributed by atoms with van der Waals surface area (Å²) in [5.41, 5.74) is 0.818. The fourth-order valence-corrected chi connectivity index (χ4v) is 1.05. The number of hydrogen-bond acceptors (Lipinski definition) is 3. The van der Waals surface area contributed by atoms with Crippen molar-refractivity contribution >= 4 is 23.6 Å². The Bertz CT molecular complexity index is 432. The third kappa shape index (κ3) is 3.88. The van der Waals surface area contributed by atoms with Gasteiger partial charge in [-0.25, -0.2) is 4.79 Å². The van der Waals surface area contributed by atoms with Crippen LogP contribution in [0.15, 0.2) is 36.4 Å². The molecule has 0 aliphatic heterocycles. The van der Waals surface area contributed by atoms with Crippen molar-refractivity contribution in [1.82, 2.24) is 0 Å². The van der Waals surface area contributed by atoms with Crippen molar-refractivity contribution in [2.75, 3.05) is 0 Å². The second-order valence-electron chi connectivity index (χ2n) is 3.12. The van der Waals surface area contributed by atoms with E-state index in [2.05, 4.69) is 0 Å². The average molecular weight is 218 g/mol. The lowest BCUT2D eigenvalue weighted by molar-refractivity contribution is -0.149. The summed E-state index contributed by atoms with van der Waals surface area (Å²) >= 11 is 0. The van der Waals surface area contributed by atoms with Crippen molar-refractivity contribution < 1.29 is 19.5 Å². The molecule has 0 amide bonds. The van der Waals surface area contributed by atoms with Crippen LogP contribution in [0.3, 0.4) is 0 Å². The number of ketones is 2. The fraction of sp³-hybridized carbons (Fsp3) is 0.0833. The number of benzene rings is 1. The summed E-state index contributed by atoms with van der Waals surface area (Å²) in [6.45, 7) is 0. The maximum absolute atomic E-state index is 11.2. The topological polar surface area (TPSA) is 71.4 Å². The SMILES string of the molecule is O=C(C=Cc1ccccc1)CC(=O)C(=O)O. The zero-order chi connectivity index (χ0) is 12.0. The molecule has 0 atom stereocenters. The molecule has 1 N–H and O–H groups in total. The van der Waals surface area contributed by atoms with Crippen molar-refractivity contribution in [1.29, 1.82) is 0 Å². The van der Waals surface area contributed by atoms with Gasteiger partial charge in [0.1, 0.15) is 0 Å². The smallest absolute Gasteiger partial charge is 0.372 e. The van der Waals surface area contributed by atoms with E-state index in [1.165, 1.54) is 12.2 Å². The van der Waals surface area contributed by atoms with Gasteiger partial charge in [0.2, 0.25) is 5.78 Å². The average Bonchev–Trinajstić information content (AvgIpc) is 2.27. The Balaban J connectivity index is 2.55. The van der Waals surface area contributed by atoms with Gasteiger partial charge >= 0.3 is 5.97 Å². The summed E-state index contributed by atoms with van der Waals surface area (Å²) in [5, 5.41) is 8.29. The summed E-state index contributed by atoms with van der Waals surface area (Å²) < 4.78 is 0. The summed E-state index contributed by atoms with van der Waals surface area (Å²) in [6.07, 6.45) is 2.15. The monoisotopic (exact) mass is 218 g/mol. The van der Waals surface area contributed by atoms with Crippen molar-refractivity contribution in [2.24, 2.45) is 0 Å². The van der Waals surface area contributed by atoms with E-state index in [-0.39, 0.29) is 0 Å². The Morgan fingerprint density at radius 1 is 1.12 bits per heavy atom. The normalized spacial score (nSPS) is 10.2. The zero-order valence-corrected chi connectivity index (χ0v) is 8.42. The van der Waals surface area contributed by atoms with Crippen LogP contribution in [0.4, 0.5) is 0 Å². The molecule has 4 heteroatoms. The molecule has 0 aliphatic carbocycles. The van der Waals surface area contributed by atoms with Crippen LogP contribution in [0.1, 0.15) is 12.0 Å². The van der Waals surface area contributed by atoms with E-state index in [9.17, 15) is 14.4 Å². The van der Waals surface area contributed by atoms with Crippen LogP contribution in [0.2, 0.25) is 0 Å². The quantitative estimate of drug-likeness (QED) is 0.459. The molecule has 4 nitrogen and oxygen atoms in total. The second kappa shape index (κ2) is 5.60. The van der Waals surface area contributed by atoms with E-state index in [1.807, 2.05) is 18.2 Å². The summed E-state index contributed by atoms with van der Waals surface area (Å²) in [6, 6.07) is 9.05. The van der Waals surface area contributed by atoms with Crippen molar-refractivity contribution in [3.05, 3.63) is 42.0 Å². The maximum atomic E-state index is 11.2. The predicted molar refractivity (Wildman–Crippen MR) is 57.7 cm³/mol. The van der Waals surface area contributed by atoms with E-state index in [1.54, 1.807) is 12.1 Å². The number of Topliss-reactive ketones (excluding diaryl/α,β-unsaturated/α-hetero) is 1. The number of hydrogen-bond donors (Lipinski definition) is 1. The number of allylic oxidation sites excluding steroid dienone is 1. The van der Waals surface area contributed by atoms with Gasteiger partial charge < -0.3 is 5.11 Å². The van der Waals surface area contributed by atoms with E-state index < -0.39 is 24.0 Å². The molecule has 0 bridgehead atoms. The van der Waals surface area contributed by atoms with Gasteiger partial charge in [-0.3, -0.25) is 9.59 Å². The molecule has 16 heavy (non-hydrogen) atoms. The minimum absolute atomic E-state index is 0.517. The molecule has 1 aromatic carbocycles. The third-order valence-corrected chi connectivity index (χ3v) is 1.83. The van der Waals surface area contributed by atoms with Gasteiger partial charge in [-0.15, -0.1) is 0 Å². The Labute approximate surface area is 92.2 Å². The summed E-state index contributed by atoms with van der Waals surface area (Å²) in [5.74, 6) is -3.19. The zero-order valence-electron chi connectivity index (χ0n) is 8.42. The van der Waals surface area contributed by atoms with Gasteiger partial charge in [-0.2, -0.15) is 0 Å². The van der Waals surface area contributed by atoms with Gasteiger partial charge in [-0.1, -0.05) is 36.4 Å². The van der Waals surface area contributed by atoms with Crippen LogP contribution in [0.5, 0.6) is 0 Å². The van der Waals surface area contributed by atoms with Gasteiger partial charge in [-0.05, 0) is 11.6 Å². The molecule has 1 rings (SSSR count). The molecule has 0 heterocycles. The molecule has 1 aromatic rings. The lowest BCUT2D eigenvalue weighted by Crippen LogP contribution is -2.15. The molecule has 0 aromatic heterocycles. The minimum Gasteiger partial charge on any atom is -0.475 e. The fourth-order valence-electron chi connectivity index (χ4n) is 1.05. The van der Waals surface area contributed by atoms with E-state index in [4.69, 9.17) is 5.11 Å². The largest absolute Gasteiger partial charge is 0.475 e. The van der Waals surface area contributed by atoms with Crippen molar-refractivity contribution in [2.45, 2.75) is 6.42 Å². The molecule has 82 valence electrons. The molecule has 0 saturated heterocycles. The first kappa shape index (κ1) is 11.8. The Kier molecular flexibility index (Phi) is 4.15. The maximum Gasteiger partial charge on any atom is 0.372 e. The molecule has 0 aliphatic rings. The molecular formula is C12H10O4. The number of carbonyl (C=O) groups excluding carboxylic acids is 2. The van der Waals surface area contributed by atoms with Crippen molar-refractivity contribution in [3.63, 3.8) is 0 Å². The molecule has 0 fully saturated rings. The van der Waals surface area contributed by atoms with Crippen LogP contribution in [0, 0.1) is 0 Å². The Morgan fingerprint density at radius 3 is 2.31 bits per heavy atom. The first-order valence-corrected chi connectivity index (χ1v) is 4.61. The summed E-state index contributed by atoms with van der Waals surface area (Å²) in [4.78, 5) is 32.1. The van der Waals surface area contributed by atoms with Crippen LogP contribution < -0.4 is 0 Å². The first-order chi connectivity index (χ1) is 7.59. The van der Waals surface area contributed by atoms with Crippen molar-refractivity contribution in [3.8, 4) is 0 Å². The van der Waals surface area contributed by atoms with Gasteiger partial charge in [0.15, 0.2) is 5.78 Å². The minimum atomic E-state index is -1.58. The number of rotatable bonds is 5. The van der Waals surface area contributed by atoms with E-state index >= 15 is 0 Å². The van der Waals surface area contributed by atoms with Gasteiger partial charge in [0, 0.05) is 0 Å². The predicted octanol–water partition coefficient (Wildman–Crippen LogP) is 1.31. The molecule has 0 unspecified atom stereocenters. The van der Waals surface area contributed by atoms with E-state index in [0.717, 1.165) is 5.56 Å². The van der Waals surface area contributed by atoms with Gasteiger partial charge in [0.25, 0.3) is 0 Å². The highest BCUT2D eigenvalue weighted by Crippen LogP contribution is 2.01. The summed E-state index contributed by atoms with van der Waals surface area (Å²) in [7, 11) is 0. The number of carboxylic acids is 1. The van der Waals surface area contributed by atoms with Crippen LogP contribution >= 0.6 is 0 Å². The number of carbonyl (C=O) groups is 3. The molecule has 0 radical (unpaired) electrons. The molecular weight excluding hydrogens is 208 g/mol. The highest BCUT2D eigenvalue weighted by molar-refractivity contribution is 6.37. The first-order valence-electron chi connectivity index (χ1n) is 4.61. The third-order valence-electron chi connectivity index (χ3n) is 1.83. The molecule has 0 spiro atoms. The van der Waals surface area contributed by atoms with Crippen LogP contribution in [-0.4, -0.2) is 22.6 Å². The van der Waals surface area contributed by atoms with E-state index in [0.29, 0.717) is 0 Å². The highest BCUT2D eigenvalue weighted by atomic mass is 16.4. The highest BCUT2D eigenvalue weighted by Gasteiger charge is 2.14. The second-order valence-corrected chi connectivity index (χ2v) is 3.12. The number of carboxylic acid groups (broad SMARTS) is 1. The van der Waals surface area contributed by atoms with Gasteiger partial charge in [0.05, 0.1) is 6.42 Å². The Morgan fingerprint density at radius 2 is 1.75 bits per heavy atom. The molecule has 0 saturated carbocycles.